The van der Waals surface area contributed by atoms with Crippen molar-refractivity contribution in [2.24, 2.45) is 0 Å². The molecule has 0 spiro atoms. The second kappa shape index (κ2) is 8.52. The molecular weight excluding hydrogens is 398 g/mol. The zero-order chi connectivity index (χ0) is 21.0. The van der Waals surface area contributed by atoms with E-state index in [2.05, 4.69) is 0 Å². The van der Waals surface area contributed by atoms with Crippen molar-refractivity contribution in [1.82, 2.24) is 4.31 Å². The van der Waals surface area contributed by atoms with E-state index in [-0.39, 0.29) is 30.0 Å². The van der Waals surface area contributed by atoms with Gasteiger partial charge in [0.15, 0.2) is 11.5 Å². The number of esters is 1. The molecule has 1 heterocycles. The van der Waals surface area contributed by atoms with Crippen molar-refractivity contribution >= 4 is 21.9 Å². The van der Waals surface area contributed by atoms with Crippen LogP contribution >= 0.6 is 0 Å². The molecule has 0 saturated heterocycles. The predicted octanol–water partition coefficient (Wildman–Crippen LogP) is 2.02. The number of aryl methyl sites for hydroxylation is 1. The quantitative estimate of drug-likeness (QED) is 0.604. The first kappa shape index (κ1) is 20.7. The number of ether oxygens (including phenoxy) is 3. The van der Waals surface area contributed by atoms with Crippen molar-refractivity contribution in [3.05, 3.63) is 53.6 Å². The van der Waals surface area contributed by atoms with Gasteiger partial charge in [0.25, 0.3) is 15.9 Å². The largest absolute Gasteiger partial charge is 0.493 e. The number of methoxy groups -OCH3 is 2. The molecule has 0 radical (unpaired) electrons. The molecule has 1 amide bonds. The first-order valence-electron chi connectivity index (χ1n) is 8.91. The van der Waals surface area contributed by atoms with Crippen LogP contribution in [0.1, 0.15) is 22.3 Å². The van der Waals surface area contributed by atoms with Crippen LogP contribution in [0.2, 0.25) is 0 Å². The molecular formula is C20H21NO7S. The number of amides is 1. The SMILES string of the molecule is COc1ccc(CCC(=O)OCCN2C(=O)c3ccccc3S2(=O)=O)cc1OC. The first-order chi connectivity index (χ1) is 13.9. The summed E-state index contributed by atoms with van der Waals surface area (Å²) in [7, 11) is -0.826. The lowest BCUT2D eigenvalue weighted by atomic mass is 10.1. The number of benzene rings is 2. The van der Waals surface area contributed by atoms with E-state index in [0.717, 1.165) is 9.87 Å². The fourth-order valence-electron chi connectivity index (χ4n) is 3.05. The zero-order valence-electron chi connectivity index (χ0n) is 16.1. The van der Waals surface area contributed by atoms with E-state index in [1.807, 2.05) is 6.07 Å². The standard InChI is InChI=1S/C20H21NO7S/c1-26-16-9-7-14(13-17(16)27-2)8-10-19(22)28-12-11-21-20(23)15-5-3-4-6-18(15)29(21,24)25/h3-7,9,13H,8,10-12H2,1-2H3. The Labute approximate surface area is 169 Å². The minimum absolute atomic E-state index is 0.0234. The topological polar surface area (TPSA) is 99.2 Å². The molecule has 29 heavy (non-hydrogen) atoms. The fourth-order valence-corrected chi connectivity index (χ4v) is 4.60. The highest BCUT2D eigenvalue weighted by molar-refractivity contribution is 7.90. The average Bonchev–Trinajstić information content (AvgIpc) is 2.92. The van der Waals surface area contributed by atoms with Crippen LogP contribution in [-0.4, -0.2) is 52.0 Å². The van der Waals surface area contributed by atoms with E-state index in [1.165, 1.54) is 19.2 Å². The molecule has 154 valence electrons. The van der Waals surface area contributed by atoms with Crippen LogP contribution in [0.15, 0.2) is 47.4 Å². The summed E-state index contributed by atoms with van der Waals surface area (Å²) in [5.41, 5.74) is 1.000. The molecule has 9 heteroatoms. The van der Waals surface area contributed by atoms with E-state index in [0.29, 0.717) is 17.9 Å². The minimum Gasteiger partial charge on any atom is -0.493 e. The predicted molar refractivity (Wildman–Crippen MR) is 103 cm³/mol. The van der Waals surface area contributed by atoms with Crippen LogP contribution in [0.25, 0.3) is 0 Å². The summed E-state index contributed by atoms with van der Waals surface area (Å²) in [5.74, 6) is 0.0651. The van der Waals surface area contributed by atoms with Crippen molar-refractivity contribution in [2.75, 3.05) is 27.4 Å². The molecule has 3 rings (SSSR count). The Bertz CT molecular complexity index is 1030. The Morgan fingerprint density at radius 2 is 1.76 bits per heavy atom. The Balaban J connectivity index is 1.52. The molecule has 0 unspecified atom stereocenters. The molecule has 0 aromatic heterocycles. The summed E-state index contributed by atoms with van der Waals surface area (Å²) in [6.45, 7) is -0.429. The van der Waals surface area contributed by atoms with Gasteiger partial charge in [-0.1, -0.05) is 18.2 Å². The van der Waals surface area contributed by atoms with E-state index in [9.17, 15) is 18.0 Å². The molecule has 0 bridgehead atoms. The summed E-state index contributed by atoms with van der Waals surface area (Å²) in [6.07, 6.45) is 0.530. The van der Waals surface area contributed by atoms with Gasteiger partial charge in [0.1, 0.15) is 11.5 Å². The number of rotatable bonds is 8. The van der Waals surface area contributed by atoms with Crippen molar-refractivity contribution in [1.29, 1.82) is 0 Å². The lowest BCUT2D eigenvalue weighted by Gasteiger charge is -2.15. The third kappa shape index (κ3) is 4.19. The number of hydrogen-bond donors (Lipinski definition) is 0. The van der Waals surface area contributed by atoms with Gasteiger partial charge in [-0.05, 0) is 36.2 Å². The maximum atomic E-state index is 12.4. The summed E-state index contributed by atoms with van der Waals surface area (Å²) in [6, 6.07) is 11.4. The maximum Gasteiger partial charge on any atom is 0.306 e. The van der Waals surface area contributed by atoms with Gasteiger partial charge in [0, 0.05) is 6.42 Å². The van der Waals surface area contributed by atoms with Crippen LogP contribution in [0.3, 0.4) is 0 Å². The number of carbonyl (C=O) groups is 2. The van der Waals surface area contributed by atoms with Gasteiger partial charge < -0.3 is 14.2 Å². The van der Waals surface area contributed by atoms with Gasteiger partial charge >= 0.3 is 5.97 Å². The van der Waals surface area contributed by atoms with Gasteiger partial charge in [0.05, 0.1) is 26.3 Å². The van der Waals surface area contributed by atoms with E-state index >= 15 is 0 Å². The number of carbonyl (C=O) groups excluding carboxylic acids is 2. The number of hydrogen-bond acceptors (Lipinski definition) is 7. The van der Waals surface area contributed by atoms with Crippen LogP contribution in [0, 0.1) is 0 Å². The summed E-state index contributed by atoms with van der Waals surface area (Å²) in [4.78, 5) is 24.3. The normalized spacial score (nSPS) is 14.4. The lowest BCUT2D eigenvalue weighted by Crippen LogP contribution is -2.33. The summed E-state index contributed by atoms with van der Waals surface area (Å²) in [5, 5.41) is 0. The number of sulfonamides is 1. The van der Waals surface area contributed by atoms with Crippen molar-refractivity contribution in [2.45, 2.75) is 17.7 Å². The van der Waals surface area contributed by atoms with Crippen LogP contribution in [0.5, 0.6) is 11.5 Å². The highest BCUT2D eigenvalue weighted by atomic mass is 32.2. The third-order valence-electron chi connectivity index (χ3n) is 4.54. The first-order valence-corrected chi connectivity index (χ1v) is 10.3. The Morgan fingerprint density at radius 1 is 1.03 bits per heavy atom. The van der Waals surface area contributed by atoms with Gasteiger partial charge in [0.2, 0.25) is 0 Å². The van der Waals surface area contributed by atoms with Crippen molar-refractivity contribution < 1.29 is 32.2 Å². The van der Waals surface area contributed by atoms with E-state index < -0.39 is 21.9 Å². The van der Waals surface area contributed by atoms with Crippen LogP contribution < -0.4 is 9.47 Å². The highest BCUT2D eigenvalue weighted by Crippen LogP contribution is 2.30. The second-order valence-electron chi connectivity index (χ2n) is 6.29. The summed E-state index contributed by atoms with van der Waals surface area (Å²) < 4.78 is 41.1. The molecule has 0 aliphatic carbocycles. The average molecular weight is 419 g/mol. The third-order valence-corrected chi connectivity index (χ3v) is 6.38. The molecule has 2 aromatic rings. The van der Waals surface area contributed by atoms with Crippen LogP contribution in [0.4, 0.5) is 0 Å². The smallest absolute Gasteiger partial charge is 0.306 e. The lowest BCUT2D eigenvalue weighted by molar-refractivity contribution is -0.143. The molecule has 0 atom stereocenters. The highest BCUT2D eigenvalue weighted by Gasteiger charge is 2.40. The van der Waals surface area contributed by atoms with E-state index in [1.54, 1.807) is 31.4 Å². The summed E-state index contributed by atoms with van der Waals surface area (Å²) >= 11 is 0. The molecule has 0 saturated carbocycles. The monoisotopic (exact) mass is 419 g/mol. The molecule has 0 fully saturated rings. The van der Waals surface area contributed by atoms with E-state index in [4.69, 9.17) is 14.2 Å². The zero-order valence-corrected chi connectivity index (χ0v) is 16.9. The van der Waals surface area contributed by atoms with Crippen molar-refractivity contribution in [3.63, 3.8) is 0 Å². The van der Waals surface area contributed by atoms with Crippen LogP contribution in [-0.2, 0) is 26.0 Å². The molecule has 8 nitrogen and oxygen atoms in total. The Hall–Kier alpha value is -3.07. The Morgan fingerprint density at radius 3 is 2.45 bits per heavy atom. The van der Waals surface area contributed by atoms with Crippen molar-refractivity contribution in [3.8, 4) is 11.5 Å². The Kier molecular flexibility index (Phi) is 6.07. The number of nitrogens with zero attached hydrogens (tertiary/aromatic N) is 1. The van der Waals surface area contributed by atoms with Gasteiger partial charge in [-0.25, -0.2) is 12.7 Å². The molecule has 0 N–H and O–H groups in total. The number of fused-ring (bicyclic) bond motifs is 1. The fraction of sp³-hybridized carbons (Fsp3) is 0.300. The minimum atomic E-state index is -3.90. The molecule has 1 aliphatic heterocycles. The van der Waals surface area contributed by atoms with Gasteiger partial charge in [-0.15, -0.1) is 0 Å². The molecule has 2 aromatic carbocycles. The molecule has 1 aliphatic rings. The van der Waals surface area contributed by atoms with Gasteiger partial charge in [-0.3, -0.25) is 9.59 Å². The second-order valence-corrected chi connectivity index (χ2v) is 8.12. The maximum absolute atomic E-state index is 12.4. The van der Waals surface area contributed by atoms with Gasteiger partial charge in [-0.2, -0.15) is 0 Å².